The topological polar surface area (TPSA) is 61.7 Å². The van der Waals surface area contributed by atoms with Crippen LogP contribution in [0.3, 0.4) is 0 Å². The van der Waals surface area contributed by atoms with Crippen LogP contribution in [0.2, 0.25) is 0 Å². The molecule has 2 rings (SSSR count). The summed E-state index contributed by atoms with van der Waals surface area (Å²) in [6.07, 6.45) is 1.37. The number of benzene rings is 1. The number of nitrogens with one attached hydrogen (secondary N) is 1. The van der Waals surface area contributed by atoms with Crippen LogP contribution in [-0.2, 0) is 0 Å². The first-order chi connectivity index (χ1) is 9.56. The van der Waals surface area contributed by atoms with Gasteiger partial charge >= 0.3 is 0 Å². The van der Waals surface area contributed by atoms with Crippen molar-refractivity contribution in [2.45, 2.75) is 32.0 Å². The molecule has 0 amide bonds. The average Bonchev–Trinajstić information content (AvgIpc) is 3.22. The lowest BCUT2D eigenvalue weighted by molar-refractivity contribution is 0.0963. The van der Waals surface area contributed by atoms with E-state index < -0.39 is 6.10 Å². The Kier molecular flexibility index (Phi) is 5.84. The van der Waals surface area contributed by atoms with Crippen LogP contribution in [0.5, 0.6) is 5.75 Å². The van der Waals surface area contributed by atoms with Crippen LogP contribution >= 0.6 is 15.9 Å². The minimum absolute atomic E-state index is 0.230. The van der Waals surface area contributed by atoms with E-state index in [4.69, 9.17) is 4.74 Å². The SMILES string of the molecule is Cc1ccc(OCC(O)CNCC(O)C2CC2)c(Br)c1. The highest BCUT2D eigenvalue weighted by Crippen LogP contribution is 2.32. The van der Waals surface area contributed by atoms with E-state index in [1.165, 1.54) is 0 Å². The molecule has 2 unspecified atom stereocenters. The Hall–Kier alpha value is -0.620. The summed E-state index contributed by atoms with van der Waals surface area (Å²) in [5.74, 6) is 1.19. The first kappa shape index (κ1) is 15.8. The molecule has 4 nitrogen and oxygen atoms in total. The molecule has 1 saturated carbocycles. The standard InChI is InChI=1S/C15H22BrNO3/c1-10-2-5-15(13(16)6-10)20-9-12(18)7-17-8-14(19)11-3-4-11/h2,5-6,11-12,14,17-19H,3-4,7-9H2,1H3. The molecular formula is C15H22BrNO3. The lowest BCUT2D eigenvalue weighted by atomic mass is 10.2. The number of hydrogen-bond acceptors (Lipinski definition) is 4. The summed E-state index contributed by atoms with van der Waals surface area (Å²) < 4.78 is 6.46. The van der Waals surface area contributed by atoms with Crippen LogP contribution < -0.4 is 10.1 Å². The van der Waals surface area contributed by atoms with Crippen LogP contribution in [0.4, 0.5) is 0 Å². The van der Waals surface area contributed by atoms with Gasteiger partial charge in [0.1, 0.15) is 18.5 Å². The quantitative estimate of drug-likeness (QED) is 0.674. The molecule has 5 heteroatoms. The molecule has 0 aromatic heterocycles. The maximum absolute atomic E-state index is 9.84. The molecule has 0 saturated heterocycles. The van der Waals surface area contributed by atoms with Crippen molar-refractivity contribution in [3.05, 3.63) is 28.2 Å². The third kappa shape index (κ3) is 5.05. The minimum atomic E-state index is -0.588. The van der Waals surface area contributed by atoms with Gasteiger partial charge in [-0.25, -0.2) is 0 Å². The molecular weight excluding hydrogens is 322 g/mol. The molecule has 1 aliphatic carbocycles. The zero-order chi connectivity index (χ0) is 14.5. The number of aliphatic hydroxyl groups excluding tert-OH is 2. The second-order valence-corrected chi connectivity index (χ2v) is 6.32. The van der Waals surface area contributed by atoms with Gasteiger partial charge in [-0.15, -0.1) is 0 Å². The smallest absolute Gasteiger partial charge is 0.133 e. The third-order valence-electron chi connectivity index (χ3n) is 3.42. The van der Waals surface area contributed by atoms with Crippen molar-refractivity contribution in [1.82, 2.24) is 5.32 Å². The molecule has 1 aromatic rings. The van der Waals surface area contributed by atoms with Gasteiger partial charge in [0.15, 0.2) is 0 Å². The molecule has 0 heterocycles. The van der Waals surface area contributed by atoms with Gasteiger partial charge < -0.3 is 20.3 Å². The molecule has 0 spiro atoms. The number of aryl methyl sites for hydroxylation is 1. The molecule has 1 fully saturated rings. The van der Waals surface area contributed by atoms with Crippen molar-refractivity contribution in [2.24, 2.45) is 5.92 Å². The van der Waals surface area contributed by atoms with E-state index in [1.807, 2.05) is 25.1 Å². The van der Waals surface area contributed by atoms with Crippen molar-refractivity contribution >= 4 is 15.9 Å². The number of halogens is 1. The fourth-order valence-electron chi connectivity index (χ4n) is 2.01. The Morgan fingerprint density at radius 2 is 2.10 bits per heavy atom. The highest BCUT2D eigenvalue weighted by Gasteiger charge is 2.29. The van der Waals surface area contributed by atoms with Crippen molar-refractivity contribution in [2.75, 3.05) is 19.7 Å². The van der Waals surface area contributed by atoms with E-state index in [2.05, 4.69) is 21.2 Å². The molecule has 112 valence electrons. The Morgan fingerprint density at radius 1 is 1.35 bits per heavy atom. The molecule has 20 heavy (non-hydrogen) atoms. The van der Waals surface area contributed by atoms with Crippen molar-refractivity contribution < 1.29 is 14.9 Å². The molecule has 2 atom stereocenters. The van der Waals surface area contributed by atoms with Crippen LogP contribution in [0.25, 0.3) is 0 Å². The minimum Gasteiger partial charge on any atom is -0.490 e. The number of aliphatic hydroxyl groups is 2. The van der Waals surface area contributed by atoms with E-state index in [0.717, 1.165) is 28.6 Å². The van der Waals surface area contributed by atoms with Crippen LogP contribution in [-0.4, -0.2) is 42.1 Å². The summed E-state index contributed by atoms with van der Waals surface area (Å²) >= 11 is 3.44. The Balaban J connectivity index is 1.65. The zero-order valence-corrected chi connectivity index (χ0v) is 13.3. The first-order valence-electron chi connectivity index (χ1n) is 7.02. The second kappa shape index (κ2) is 7.41. The maximum Gasteiger partial charge on any atom is 0.133 e. The van der Waals surface area contributed by atoms with Gasteiger partial charge in [0.2, 0.25) is 0 Å². The van der Waals surface area contributed by atoms with E-state index >= 15 is 0 Å². The largest absolute Gasteiger partial charge is 0.490 e. The summed E-state index contributed by atoms with van der Waals surface area (Å²) in [5.41, 5.74) is 1.15. The van der Waals surface area contributed by atoms with Crippen molar-refractivity contribution in [3.63, 3.8) is 0 Å². The van der Waals surface area contributed by atoms with E-state index in [9.17, 15) is 10.2 Å². The Bertz CT molecular complexity index is 437. The molecule has 0 aliphatic heterocycles. The molecule has 3 N–H and O–H groups in total. The lowest BCUT2D eigenvalue weighted by Crippen LogP contribution is -2.36. The fraction of sp³-hybridized carbons (Fsp3) is 0.600. The van der Waals surface area contributed by atoms with E-state index in [-0.39, 0.29) is 12.7 Å². The van der Waals surface area contributed by atoms with Gasteiger partial charge in [-0.2, -0.15) is 0 Å². The Labute approximate surface area is 128 Å². The predicted molar refractivity (Wildman–Crippen MR) is 82.0 cm³/mol. The summed E-state index contributed by atoms with van der Waals surface area (Å²) in [4.78, 5) is 0. The highest BCUT2D eigenvalue weighted by molar-refractivity contribution is 9.10. The molecule has 1 aliphatic rings. The van der Waals surface area contributed by atoms with Gasteiger partial charge in [-0.1, -0.05) is 6.07 Å². The van der Waals surface area contributed by atoms with Gasteiger partial charge in [0.25, 0.3) is 0 Å². The average molecular weight is 344 g/mol. The summed E-state index contributed by atoms with van der Waals surface area (Å²) in [6, 6.07) is 5.83. The van der Waals surface area contributed by atoms with Gasteiger partial charge in [0.05, 0.1) is 10.6 Å². The number of rotatable bonds is 8. The molecule has 0 bridgehead atoms. The summed E-state index contributed by atoms with van der Waals surface area (Å²) in [5, 5.41) is 22.6. The first-order valence-corrected chi connectivity index (χ1v) is 7.81. The third-order valence-corrected chi connectivity index (χ3v) is 4.04. The van der Waals surface area contributed by atoms with Gasteiger partial charge in [-0.3, -0.25) is 0 Å². The molecule has 0 radical (unpaired) electrons. The fourth-order valence-corrected chi connectivity index (χ4v) is 2.62. The van der Waals surface area contributed by atoms with E-state index in [1.54, 1.807) is 0 Å². The van der Waals surface area contributed by atoms with E-state index in [0.29, 0.717) is 19.0 Å². The predicted octanol–water partition coefficient (Wildman–Crippen LogP) is 1.86. The van der Waals surface area contributed by atoms with Crippen molar-refractivity contribution in [1.29, 1.82) is 0 Å². The van der Waals surface area contributed by atoms with Crippen molar-refractivity contribution in [3.8, 4) is 5.75 Å². The number of ether oxygens (including phenoxy) is 1. The monoisotopic (exact) mass is 343 g/mol. The zero-order valence-electron chi connectivity index (χ0n) is 11.7. The highest BCUT2D eigenvalue weighted by atomic mass is 79.9. The second-order valence-electron chi connectivity index (χ2n) is 5.46. The lowest BCUT2D eigenvalue weighted by Gasteiger charge is -2.16. The van der Waals surface area contributed by atoms with Crippen LogP contribution in [0.15, 0.2) is 22.7 Å². The summed E-state index contributed by atoms with van der Waals surface area (Å²) in [6.45, 7) is 3.20. The molecule has 1 aromatic carbocycles. The number of hydrogen-bond donors (Lipinski definition) is 3. The Morgan fingerprint density at radius 3 is 2.75 bits per heavy atom. The summed E-state index contributed by atoms with van der Waals surface area (Å²) in [7, 11) is 0. The van der Waals surface area contributed by atoms with Gasteiger partial charge in [-0.05, 0) is 59.3 Å². The normalized spacial score (nSPS) is 17.8. The van der Waals surface area contributed by atoms with Crippen LogP contribution in [0.1, 0.15) is 18.4 Å². The van der Waals surface area contributed by atoms with Crippen LogP contribution in [0, 0.1) is 12.8 Å². The maximum atomic E-state index is 9.84. The van der Waals surface area contributed by atoms with Gasteiger partial charge in [0, 0.05) is 13.1 Å².